The van der Waals surface area contributed by atoms with Gasteiger partial charge in [-0.25, -0.2) is 4.39 Å². The summed E-state index contributed by atoms with van der Waals surface area (Å²) < 4.78 is 29.4. The molecule has 0 bridgehead atoms. The van der Waals surface area contributed by atoms with Gasteiger partial charge in [-0.3, -0.25) is 0 Å². The van der Waals surface area contributed by atoms with Gasteiger partial charge in [-0.2, -0.15) is 4.98 Å². The first kappa shape index (κ1) is 15.9. The van der Waals surface area contributed by atoms with Crippen molar-refractivity contribution in [2.75, 3.05) is 0 Å². The maximum Gasteiger partial charge on any atom is 0.293 e. The van der Waals surface area contributed by atoms with Gasteiger partial charge < -0.3 is 13.7 Å². The number of thiophene rings is 1. The quantitative estimate of drug-likeness (QED) is 0.464. The van der Waals surface area contributed by atoms with Crippen LogP contribution in [-0.2, 0) is 6.61 Å². The summed E-state index contributed by atoms with van der Waals surface area (Å²) in [6.07, 6.45) is 0. The SMILES string of the molecule is Fc1ccc(OCc2ccc(-c3nc(-c4cccs4)no3)o2)c(Cl)c1. The summed E-state index contributed by atoms with van der Waals surface area (Å²) in [5, 5.41) is 6.07. The van der Waals surface area contributed by atoms with E-state index in [9.17, 15) is 4.39 Å². The van der Waals surface area contributed by atoms with Gasteiger partial charge in [-0.05, 0) is 41.8 Å². The Bertz CT molecular complexity index is 997. The molecule has 4 rings (SSSR count). The summed E-state index contributed by atoms with van der Waals surface area (Å²) >= 11 is 7.44. The van der Waals surface area contributed by atoms with Gasteiger partial charge in [0.2, 0.25) is 5.82 Å². The minimum Gasteiger partial charge on any atom is -0.484 e. The maximum atomic E-state index is 13.0. The van der Waals surface area contributed by atoms with Crippen LogP contribution in [0.2, 0.25) is 5.02 Å². The summed E-state index contributed by atoms with van der Waals surface area (Å²) in [6.45, 7) is 0.136. The van der Waals surface area contributed by atoms with Crippen LogP contribution in [0.1, 0.15) is 5.76 Å². The summed E-state index contributed by atoms with van der Waals surface area (Å²) in [7, 11) is 0. The van der Waals surface area contributed by atoms with Gasteiger partial charge in [0.25, 0.3) is 5.89 Å². The lowest BCUT2D eigenvalue weighted by Gasteiger charge is -2.05. The van der Waals surface area contributed by atoms with Gasteiger partial charge in [-0.1, -0.05) is 22.8 Å². The zero-order chi connectivity index (χ0) is 17.2. The Labute approximate surface area is 150 Å². The lowest BCUT2D eigenvalue weighted by molar-refractivity contribution is 0.270. The number of hydrogen-bond acceptors (Lipinski definition) is 6. The molecule has 0 saturated carbocycles. The molecule has 0 aliphatic heterocycles. The van der Waals surface area contributed by atoms with E-state index < -0.39 is 5.82 Å². The van der Waals surface area contributed by atoms with Crippen molar-refractivity contribution in [1.29, 1.82) is 0 Å². The molecule has 0 spiro atoms. The molecule has 0 aliphatic rings. The molecule has 4 aromatic rings. The van der Waals surface area contributed by atoms with Crippen molar-refractivity contribution >= 4 is 22.9 Å². The molecule has 0 amide bonds. The molecule has 8 heteroatoms. The van der Waals surface area contributed by atoms with Crippen molar-refractivity contribution in [3.05, 3.63) is 64.4 Å². The summed E-state index contributed by atoms with van der Waals surface area (Å²) in [6, 6.07) is 11.2. The highest BCUT2D eigenvalue weighted by atomic mass is 35.5. The lowest BCUT2D eigenvalue weighted by atomic mass is 10.3. The van der Waals surface area contributed by atoms with Gasteiger partial charge in [-0.15, -0.1) is 11.3 Å². The van der Waals surface area contributed by atoms with Gasteiger partial charge in [0.05, 0.1) is 9.90 Å². The molecule has 0 aliphatic carbocycles. The topological polar surface area (TPSA) is 61.3 Å². The van der Waals surface area contributed by atoms with Crippen LogP contribution < -0.4 is 4.74 Å². The number of aromatic nitrogens is 2. The second-order valence-corrected chi connectivity index (χ2v) is 6.38. The molecule has 25 heavy (non-hydrogen) atoms. The van der Waals surface area contributed by atoms with Crippen LogP contribution in [0.25, 0.3) is 22.4 Å². The van der Waals surface area contributed by atoms with E-state index in [-0.39, 0.29) is 17.5 Å². The third kappa shape index (κ3) is 3.42. The van der Waals surface area contributed by atoms with E-state index in [2.05, 4.69) is 10.1 Å². The third-order valence-electron chi connectivity index (χ3n) is 3.30. The molecule has 0 radical (unpaired) electrons. The zero-order valence-electron chi connectivity index (χ0n) is 12.6. The Morgan fingerprint density at radius 1 is 1.20 bits per heavy atom. The first-order chi connectivity index (χ1) is 12.2. The van der Waals surface area contributed by atoms with Crippen LogP contribution in [0.15, 0.2) is 56.8 Å². The second-order valence-electron chi connectivity index (χ2n) is 5.03. The fourth-order valence-electron chi connectivity index (χ4n) is 2.14. The number of furan rings is 1. The molecule has 126 valence electrons. The normalized spacial score (nSPS) is 11.0. The second kappa shape index (κ2) is 6.70. The smallest absolute Gasteiger partial charge is 0.293 e. The van der Waals surface area contributed by atoms with Gasteiger partial charge >= 0.3 is 0 Å². The van der Waals surface area contributed by atoms with E-state index in [0.29, 0.717) is 23.1 Å². The van der Waals surface area contributed by atoms with Gasteiger partial charge in [0, 0.05) is 0 Å². The first-order valence-corrected chi connectivity index (χ1v) is 8.49. The number of hydrogen-bond donors (Lipinski definition) is 0. The highest BCUT2D eigenvalue weighted by molar-refractivity contribution is 7.13. The molecule has 1 aromatic carbocycles. The largest absolute Gasteiger partial charge is 0.484 e. The molecular formula is C17H10ClFN2O3S. The Hall–Kier alpha value is -2.64. The Kier molecular flexibility index (Phi) is 4.25. The predicted molar refractivity (Wildman–Crippen MR) is 91.1 cm³/mol. The molecule has 0 N–H and O–H groups in total. The lowest BCUT2D eigenvalue weighted by Crippen LogP contribution is -1.94. The predicted octanol–water partition coefficient (Wildman–Crippen LogP) is 5.43. The molecule has 0 atom stereocenters. The van der Waals surface area contributed by atoms with Crippen molar-refractivity contribution in [2.24, 2.45) is 0 Å². The van der Waals surface area contributed by atoms with E-state index in [0.717, 1.165) is 4.88 Å². The molecule has 0 fully saturated rings. The van der Waals surface area contributed by atoms with Crippen LogP contribution in [0.3, 0.4) is 0 Å². The average Bonchev–Trinajstić information content (AvgIpc) is 3.34. The maximum absolute atomic E-state index is 13.0. The average molecular weight is 377 g/mol. The fourth-order valence-corrected chi connectivity index (χ4v) is 3.01. The monoisotopic (exact) mass is 376 g/mol. The van der Waals surface area contributed by atoms with Crippen LogP contribution >= 0.6 is 22.9 Å². The van der Waals surface area contributed by atoms with Crippen molar-refractivity contribution in [2.45, 2.75) is 6.61 Å². The summed E-state index contributed by atoms with van der Waals surface area (Å²) in [5.74, 6) is 1.74. The third-order valence-corrected chi connectivity index (χ3v) is 4.47. The number of rotatable bonds is 5. The van der Waals surface area contributed by atoms with Crippen LogP contribution in [-0.4, -0.2) is 10.1 Å². The Balaban J connectivity index is 1.47. The molecule has 5 nitrogen and oxygen atoms in total. The zero-order valence-corrected chi connectivity index (χ0v) is 14.2. The number of halogens is 2. The van der Waals surface area contributed by atoms with E-state index in [4.69, 9.17) is 25.3 Å². The molecule has 0 unspecified atom stereocenters. The highest BCUT2D eigenvalue weighted by Crippen LogP contribution is 2.28. The van der Waals surface area contributed by atoms with Crippen molar-refractivity contribution in [3.63, 3.8) is 0 Å². The molecule has 3 heterocycles. The number of benzene rings is 1. The van der Waals surface area contributed by atoms with Crippen molar-refractivity contribution in [3.8, 4) is 28.1 Å². The molecular weight excluding hydrogens is 367 g/mol. The summed E-state index contributed by atoms with van der Waals surface area (Å²) in [4.78, 5) is 5.23. The van der Waals surface area contributed by atoms with E-state index in [1.807, 2.05) is 17.5 Å². The number of nitrogens with zero attached hydrogens (tertiary/aromatic N) is 2. The van der Waals surface area contributed by atoms with Crippen molar-refractivity contribution < 1.29 is 18.1 Å². The Morgan fingerprint density at radius 2 is 2.12 bits per heavy atom. The first-order valence-electron chi connectivity index (χ1n) is 7.23. The van der Waals surface area contributed by atoms with E-state index >= 15 is 0 Å². The standard InChI is InChI=1S/C17H10ClFN2O3S/c18-12-8-10(19)3-5-13(12)22-9-11-4-6-14(23-11)17-20-16(21-24-17)15-2-1-7-25-15/h1-8H,9H2. The van der Waals surface area contributed by atoms with E-state index in [1.54, 1.807) is 12.1 Å². The van der Waals surface area contributed by atoms with Crippen LogP contribution in [0.5, 0.6) is 5.75 Å². The van der Waals surface area contributed by atoms with Gasteiger partial charge in [0.1, 0.15) is 23.9 Å². The van der Waals surface area contributed by atoms with Crippen molar-refractivity contribution in [1.82, 2.24) is 10.1 Å². The molecule has 3 aromatic heterocycles. The summed E-state index contributed by atoms with van der Waals surface area (Å²) in [5.41, 5.74) is 0. The van der Waals surface area contributed by atoms with Crippen LogP contribution in [0, 0.1) is 5.82 Å². The van der Waals surface area contributed by atoms with Crippen LogP contribution in [0.4, 0.5) is 4.39 Å². The van der Waals surface area contributed by atoms with E-state index in [1.165, 1.54) is 29.5 Å². The minimum absolute atomic E-state index is 0.136. The highest BCUT2D eigenvalue weighted by Gasteiger charge is 2.15. The number of ether oxygens (including phenoxy) is 1. The Morgan fingerprint density at radius 3 is 2.92 bits per heavy atom. The minimum atomic E-state index is -0.421. The van der Waals surface area contributed by atoms with Gasteiger partial charge in [0.15, 0.2) is 5.76 Å². The fraction of sp³-hybridized carbons (Fsp3) is 0.0588. The molecule has 0 saturated heterocycles.